The van der Waals surface area contributed by atoms with E-state index in [0.717, 1.165) is 33.8 Å². The third-order valence-corrected chi connectivity index (χ3v) is 5.43. The second-order valence-corrected chi connectivity index (χ2v) is 7.07. The molecular weight excluding hydrogens is 322 g/mol. The van der Waals surface area contributed by atoms with Gasteiger partial charge in [-0.05, 0) is 12.1 Å². The van der Waals surface area contributed by atoms with Gasteiger partial charge in [0.05, 0.1) is 23.3 Å². The SMILES string of the molecule is O=C(NC1=NCCS1)c1ccccc1SCc1cscn1. The zero-order chi connectivity index (χ0) is 14.5. The van der Waals surface area contributed by atoms with E-state index in [1.807, 2.05) is 35.2 Å². The van der Waals surface area contributed by atoms with Crippen molar-refractivity contribution in [1.82, 2.24) is 10.3 Å². The highest BCUT2D eigenvalue weighted by molar-refractivity contribution is 8.14. The molecule has 1 aliphatic rings. The Morgan fingerprint density at radius 3 is 3.05 bits per heavy atom. The van der Waals surface area contributed by atoms with Crippen molar-refractivity contribution in [1.29, 1.82) is 0 Å². The molecule has 0 fully saturated rings. The zero-order valence-electron chi connectivity index (χ0n) is 11.1. The minimum absolute atomic E-state index is 0.0930. The maximum atomic E-state index is 12.4. The van der Waals surface area contributed by atoms with E-state index in [0.29, 0.717) is 5.56 Å². The Morgan fingerprint density at radius 1 is 1.38 bits per heavy atom. The van der Waals surface area contributed by atoms with E-state index in [4.69, 9.17) is 0 Å². The summed E-state index contributed by atoms with van der Waals surface area (Å²) in [4.78, 5) is 21.8. The molecule has 0 spiro atoms. The molecule has 1 aromatic heterocycles. The molecule has 7 heteroatoms. The number of nitrogens with zero attached hydrogens (tertiary/aromatic N) is 2. The summed E-state index contributed by atoms with van der Waals surface area (Å²) in [6, 6.07) is 7.64. The quantitative estimate of drug-likeness (QED) is 0.871. The van der Waals surface area contributed by atoms with Crippen molar-refractivity contribution in [2.24, 2.45) is 4.99 Å². The lowest BCUT2D eigenvalue weighted by molar-refractivity contribution is 0.0975. The predicted molar refractivity (Wildman–Crippen MR) is 90.3 cm³/mol. The van der Waals surface area contributed by atoms with Gasteiger partial charge in [0.1, 0.15) is 0 Å². The van der Waals surface area contributed by atoms with Gasteiger partial charge in [-0.15, -0.1) is 23.1 Å². The normalized spacial score (nSPS) is 14.0. The molecule has 1 amide bonds. The first-order chi connectivity index (χ1) is 10.3. The fourth-order valence-electron chi connectivity index (χ4n) is 1.82. The summed E-state index contributed by atoms with van der Waals surface area (Å²) >= 11 is 4.80. The van der Waals surface area contributed by atoms with Gasteiger partial charge in [0, 0.05) is 21.8 Å². The predicted octanol–water partition coefficient (Wildman–Crippen LogP) is 3.27. The number of aromatic nitrogens is 1. The number of thiazole rings is 1. The van der Waals surface area contributed by atoms with Gasteiger partial charge in [-0.2, -0.15) is 0 Å². The highest BCUT2D eigenvalue weighted by Crippen LogP contribution is 2.26. The summed E-state index contributed by atoms with van der Waals surface area (Å²) in [6.45, 7) is 0.778. The molecule has 0 unspecified atom stereocenters. The van der Waals surface area contributed by atoms with E-state index in [1.54, 1.807) is 34.9 Å². The summed E-state index contributed by atoms with van der Waals surface area (Å²) in [6.07, 6.45) is 0. The van der Waals surface area contributed by atoms with Crippen molar-refractivity contribution >= 4 is 45.9 Å². The van der Waals surface area contributed by atoms with Crippen molar-refractivity contribution in [3.8, 4) is 0 Å². The van der Waals surface area contributed by atoms with Crippen molar-refractivity contribution in [3.05, 3.63) is 46.4 Å². The fourth-order valence-corrected chi connectivity index (χ4v) is 4.16. The smallest absolute Gasteiger partial charge is 0.258 e. The fraction of sp³-hybridized carbons (Fsp3) is 0.214. The van der Waals surface area contributed by atoms with Crippen molar-refractivity contribution < 1.29 is 4.79 Å². The summed E-state index contributed by atoms with van der Waals surface area (Å²) in [5, 5.41) is 5.62. The summed E-state index contributed by atoms with van der Waals surface area (Å²) in [7, 11) is 0. The molecule has 1 N–H and O–H groups in total. The van der Waals surface area contributed by atoms with Crippen LogP contribution >= 0.6 is 34.9 Å². The molecular formula is C14H13N3OS3. The van der Waals surface area contributed by atoms with Crippen LogP contribution < -0.4 is 5.32 Å². The lowest BCUT2D eigenvalue weighted by Gasteiger charge is -2.08. The molecule has 0 saturated heterocycles. The van der Waals surface area contributed by atoms with Crippen LogP contribution in [0.4, 0.5) is 0 Å². The van der Waals surface area contributed by atoms with Crippen LogP contribution in [0.2, 0.25) is 0 Å². The molecule has 1 aliphatic heterocycles. The number of amidine groups is 1. The Morgan fingerprint density at radius 2 is 2.29 bits per heavy atom. The van der Waals surface area contributed by atoms with E-state index < -0.39 is 0 Å². The number of aliphatic imine (C=N–C) groups is 1. The summed E-state index contributed by atoms with van der Waals surface area (Å²) in [5.74, 6) is 1.61. The Bertz CT molecular complexity index is 655. The maximum Gasteiger partial charge on any atom is 0.258 e. The standard InChI is InChI=1S/C14H13N3OS3/c18-13(17-14-15-5-6-20-14)11-3-1-2-4-12(11)21-8-10-7-19-9-16-10/h1-4,7,9H,5-6,8H2,(H,15,17,18). The molecule has 1 aromatic carbocycles. The number of amides is 1. The average molecular weight is 335 g/mol. The minimum Gasteiger partial charge on any atom is -0.301 e. The van der Waals surface area contributed by atoms with Crippen LogP contribution in [0.25, 0.3) is 0 Å². The van der Waals surface area contributed by atoms with Gasteiger partial charge in [-0.25, -0.2) is 4.98 Å². The lowest BCUT2D eigenvalue weighted by atomic mass is 10.2. The topological polar surface area (TPSA) is 54.4 Å². The van der Waals surface area contributed by atoms with Crippen molar-refractivity contribution in [3.63, 3.8) is 0 Å². The van der Waals surface area contributed by atoms with Gasteiger partial charge in [-0.1, -0.05) is 23.9 Å². The van der Waals surface area contributed by atoms with Crippen LogP contribution in [0.1, 0.15) is 16.1 Å². The number of benzene rings is 1. The molecule has 4 nitrogen and oxygen atoms in total. The van der Waals surface area contributed by atoms with Gasteiger partial charge in [0.15, 0.2) is 5.17 Å². The minimum atomic E-state index is -0.0930. The van der Waals surface area contributed by atoms with Crippen molar-refractivity contribution in [2.75, 3.05) is 12.3 Å². The van der Waals surface area contributed by atoms with Crippen LogP contribution in [-0.4, -0.2) is 28.4 Å². The van der Waals surface area contributed by atoms with Gasteiger partial charge in [-0.3, -0.25) is 9.79 Å². The van der Waals surface area contributed by atoms with Crippen LogP contribution in [0.15, 0.2) is 45.0 Å². The molecule has 2 heterocycles. The van der Waals surface area contributed by atoms with Crippen molar-refractivity contribution in [2.45, 2.75) is 10.6 Å². The second kappa shape index (κ2) is 7.11. The van der Waals surface area contributed by atoms with E-state index in [9.17, 15) is 4.79 Å². The van der Waals surface area contributed by atoms with Gasteiger partial charge in [0.2, 0.25) is 0 Å². The monoisotopic (exact) mass is 335 g/mol. The molecule has 0 bridgehead atoms. The number of thioether (sulfide) groups is 2. The van der Waals surface area contributed by atoms with Gasteiger partial charge in [0.25, 0.3) is 5.91 Å². The van der Waals surface area contributed by atoms with E-state index >= 15 is 0 Å². The molecule has 21 heavy (non-hydrogen) atoms. The van der Waals surface area contributed by atoms with Crippen LogP contribution in [-0.2, 0) is 5.75 Å². The van der Waals surface area contributed by atoms with E-state index in [2.05, 4.69) is 15.3 Å². The third kappa shape index (κ3) is 3.87. The Balaban J connectivity index is 1.70. The Kier molecular flexibility index (Phi) is 4.95. The first-order valence-electron chi connectivity index (χ1n) is 6.40. The highest BCUT2D eigenvalue weighted by Gasteiger charge is 2.15. The third-order valence-electron chi connectivity index (χ3n) is 2.80. The Labute approximate surface area is 135 Å². The summed E-state index contributed by atoms with van der Waals surface area (Å²) in [5.41, 5.74) is 3.55. The first-order valence-corrected chi connectivity index (χ1v) is 9.32. The number of rotatable bonds is 4. The molecule has 108 valence electrons. The zero-order valence-corrected chi connectivity index (χ0v) is 13.6. The molecule has 0 radical (unpaired) electrons. The summed E-state index contributed by atoms with van der Waals surface area (Å²) < 4.78 is 0. The lowest BCUT2D eigenvalue weighted by Crippen LogP contribution is -2.27. The highest BCUT2D eigenvalue weighted by atomic mass is 32.2. The van der Waals surface area contributed by atoms with Crippen LogP contribution in [0.5, 0.6) is 0 Å². The molecule has 0 atom stereocenters. The van der Waals surface area contributed by atoms with E-state index in [1.165, 1.54) is 0 Å². The largest absolute Gasteiger partial charge is 0.301 e. The number of carbonyl (C=O) groups is 1. The Hall–Kier alpha value is -1.31. The van der Waals surface area contributed by atoms with E-state index in [-0.39, 0.29) is 5.91 Å². The average Bonchev–Trinajstić information content (AvgIpc) is 3.18. The molecule has 0 saturated carbocycles. The van der Waals surface area contributed by atoms with Gasteiger partial charge < -0.3 is 5.32 Å². The second-order valence-electron chi connectivity index (χ2n) is 4.25. The molecule has 2 aromatic rings. The number of carbonyl (C=O) groups excluding carboxylic acids is 1. The van der Waals surface area contributed by atoms with Gasteiger partial charge >= 0.3 is 0 Å². The maximum absolute atomic E-state index is 12.4. The first kappa shape index (κ1) is 14.6. The van der Waals surface area contributed by atoms with Crippen LogP contribution in [0.3, 0.4) is 0 Å². The van der Waals surface area contributed by atoms with Crippen LogP contribution in [0, 0.1) is 0 Å². The molecule has 3 rings (SSSR count). The number of hydrogen-bond donors (Lipinski definition) is 1. The number of hydrogen-bond acceptors (Lipinski definition) is 6. The number of nitrogens with one attached hydrogen (secondary N) is 1. The molecule has 0 aliphatic carbocycles.